The molecule has 1 aromatic heterocycles. The van der Waals surface area contributed by atoms with Gasteiger partial charge in [-0.15, -0.1) is 23.5 Å². The molecule has 272 valence electrons. The SMILES string of the molecule is C=C(NC(CCC)C(=O)C(=O)NCC(=O)NC(c1ccccc1)c1ncnn1C)[C@@H]1CC2(CN1C(=O)CNC(=O)OC(C)(C)C)SCCCS2. The number of aryl methyl sites for hydroxylation is 1. The number of amides is 4. The Balaban J connectivity index is 1.39. The third-order valence-corrected chi connectivity index (χ3v) is 11.5. The highest BCUT2D eigenvalue weighted by Gasteiger charge is 2.49. The fourth-order valence-corrected chi connectivity index (χ4v) is 9.16. The van der Waals surface area contributed by atoms with Crippen LogP contribution in [0.25, 0.3) is 0 Å². The monoisotopic (exact) mass is 728 g/mol. The Morgan fingerprint density at radius 1 is 1.06 bits per heavy atom. The van der Waals surface area contributed by atoms with Gasteiger partial charge in [0.2, 0.25) is 17.6 Å². The van der Waals surface area contributed by atoms with Crippen LogP contribution in [0.3, 0.4) is 0 Å². The van der Waals surface area contributed by atoms with Crippen LogP contribution in [0, 0.1) is 0 Å². The molecule has 16 heteroatoms. The van der Waals surface area contributed by atoms with Crippen LogP contribution < -0.4 is 21.3 Å². The van der Waals surface area contributed by atoms with Gasteiger partial charge in [-0.1, -0.05) is 50.3 Å². The van der Waals surface area contributed by atoms with Gasteiger partial charge in [0.15, 0.2) is 5.82 Å². The summed E-state index contributed by atoms with van der Waals surface area (Å²) in [5, 5.41) is 15.2. The number of hydrogen-bond acceptors (Lipinski definition) is 11. The third-order valence-electron chi connectivity index (χ3n) is 8.15. The van der Waals surface area contributed by atoms with Crippen molar-refractivity contribution < 1.29 is 28.7 Å². The largest absolute Gasteiger partial charge is 0.444 e. The smallest absolute Gasteiger partial charge is 0.408 e. The summed E-state index contributed by atoms with van der Waals surface area (Å²) in [5.74, 6) is -0.0353. The Morgan fingerprint density at radius 3 is 2.38 bits per heavy atom. The molecule has 3 heterocycles. The molecule has 4 amide bonds. The zero-order valence-corrected chi connectivity index (χ0v) is 31.0. The number of nitrogens with one attached hydrogen (secondary N) is 4. The number of hydrogen-bond donors (Lipinski definition) is 4. The predicted molar refractivity (Wildman–Crippen MR) is 193 cm³/mol. The van der Waals surface area contributed by atoms with Crippen molar-refractivity contribution in [1.82, 2.24) is 40.9 Å². The van der Waals surface area contributed by atoms with E-state index in [1.165, 1.54) is 6.33 Å². The van der Waals surface area contributed by atoms with Crippen LogP contribution >= 0.6 is 23.5 Å². The van der Waals surface area contributed by atoms with Crippen LogP contribution in [0.5, 0.6) is 0 Å². The molecular weight excluding hydrogens is 681 g/mol. The zero-order chi connectivity index (χ0) is 36.5. The number of nitrogens with zero attached hydrogens (tertiary/aromatic N) is 4. The number of Topliss-reactive ketones (excluding diaryl/α,β-unsaturated/α-hetero) is 1. The standard InChI is InChI=1S/C34H48N8O6S2/c1-7-12-24(29(45)31(46)35-18-26(43)40-28(23-13-9-8-10-14-23)30-37-21-38-41(30)6)39-22(2)25-17-34(49-15-11-16-50-34)20-42(25)27(44)19-36-32(47)48-33(3,4)5/h8-10,13-14,21,24-25,28,39H,2,7,11-12,15-20H2,1,3-6H3,(H,35,46)(H,36,47)(H,40,43)/t24?,25-,28?/m0/s1. The summed E-state index contributed by atoms with van der Waals surface area (Å²) in [4.78, 5) is 71.3. The summed E-state index contributed by atoms with van der Waals surface area (Å²) in [6.45, 7) is 11.1. The molecule has 2 aliphatic heterocycles. The minimum atomic E-state index is -0.925. The van der Waals surface area contributed by atoms with Gasteiger partial charge in [-0.3, -0.25) is 23.9 Å². The van der Waals surface area contributed by atoms with Gasteiger partial charge >= 0.3 is 6.09 Å². The van der Waals surface area contributed by atoms with Gasteiger partial charge in [0.25, 0.3) is 5.91 Å². The van der Waals surface area contributed by atoms with Crippen LogP contribution in [0.2, 0.25) is 0 Å². The maximum absolute atomic E-state index is 13.5. The molecule has 0 bridgehead atoms. The lowest BCUT2D eigenvalue weighted by molar-refractivity contribution is -0.139. The maximum atomic E-state index is 13.5. The Kier molecular flexibility index (Phi) is 13.4. The van der Waals surface area contributed by atoms with Gasteiger partial charge in [-0.25, -0.2) is 9.78 Å². The molecule has 4 rings (SSSR count). The van der Waals surface area contributed by atoms with Gasteiger partial charge in [-0.2, -0.15) is 5.10 Å². The van der Waals surface area contributed by atoms with Gasteiger partial charge in [0.1, 0.15) is 24.5 Å². The van der Waals surface area contributed by atoms with Gasteiger partial charge in [0.05, 0.1) is 22.7 Å². The minimum Gasteiger partial charge on any atom is -0.444 e. The van der Waals surface area contributed by atoms with Crippen molar-refractivity contribution in [1.29, 1.82) is 0 Å². The van der Waals surface area contributed by atoms with E-state index in [4.69, 9.17) is 4.74 Å². The molecule has 2 aromatic rings. The summed E-state index contributed by atoms with van der Waals surface area (Å²) in [6, 6.07) is 7.21. The molecule has 0 saturated carbocycles. The minimum absolute atomic E-state index is 0.243. The number of carbonyl (C=O) groups excluding carboxylic acids is 5. The van der Waals surface area contributed by atoms with Crippen LogP contribution in [0.1, 0.15) is 70.8 Å². The molecule has 14 nitrogen and oxygen atoms in total. The molecule has 50 heavy (non-hydrogen) atoms. The topological polar surface area (TPSA) is 177 Å². The lowest BCUT2D eigenvalue weighted by Gasteiger charge is -2.31. The van der Waals surface area contributed by atoms with Crippen molar-refractivity contribution in [3.8, 4) is 0 Å². The van der Waals surface area contributed by atoms with Crippen molar-refractivity contribution in [2.75, 3.05) is 31.1 Å². The second-order valence-corrected chi connectivity index (χ2v) is 16.5. The Hall–Kier alpha value is -4.05. The highest BCUT2D eigenvalue weighted by molar-refractivity contribution is 8.18. The maximum Gasteiger partial charge on any atom is 0.408 e. The number of rotatable bonds is 14. The number of carbonyl (C=O) groups is 5. The van der Waals surface area contributed by atoms with E-state index in [0.29, 0.717) is 37.3 Å². The molecule has 2 saturated heterocycles. The molecule has 1 spiro atoms. The van der Waals surface area contributed by atoms with Crippen molar-refractivity contribution in [2.45, 2.75) is 81.2 Å². The first-order valence-corrected chi connectivity index (χ1v) is 18.7. The first-order chi connectivity index (χ1) is 23.7. The summed E-state index contributed by atoms with van der Waals surface area (Å²) in [6.07, 6.45) is 3.29. The number of alkyl carbamates (subject to hydrolysis) is 1. The average Bonchev–Trinajstić information content (AvgIpc) is 3.67. The Morgan fingerprint density at radius 2 is 1.76 bits per heavy atom. The van der Waals surface area contributed by atoms with Crippen LogP contribution in [0.15, 0.2) is 48.9 Å². The highest BCUT2D eigenvalue weighted by Crippen LogP contribution is 2.51. The van der Waals surface area contributed by atoms with Crippen molar-refractivity contribution in [2.24, 2.45) is 7.05 Å². The lowest BCUT2D eigenvalue weighted by Crippen LogP contribution is -2.50. The molecule has 4 N–H and O–H groups in total. The number of benzene rings is 1. The molecule has 1 aromatic carbocycles. The third kappa shape index (κ3) is 10.5. The quantitative estimate of drug-likeness (QED) is 0.211. The van der Waals surface area contributed by atoms with Crippen molar-refractivity contribution in [3.05, 3.63) is 60.3 Å². The van der Waals surface area contributed by atoms with Gasteiger partial charge in [0, 0.05) is 19.3 Å². The van der Waals surface area contributed by atoms with E-state index in [1.54, 1.807) is 37.4 Å². The summed E-state index contributed by atoms with van der Waals surface area (Å²) >= 11 is 3.62. The number of likely N-dealkylation sites (tertiary alicyclic amines) is 1. The first-order valence-electron chi connectivity index (χ1n) is 16.7. The lowest BCUT2D eigenvalue weighted by atomic mass is 10.0. The number of aromatic nitrogens is 3. The predicted octanol–water partition coefficient (Wildman–Crippen LogP) is 2.67. The van der Waals surface area contributed by atoms with Gasteiger partial charge in [-0.05, 0) is 57.1 Å². The second-order valence-electron chi connectivity index (χ2n) is 13.3. The van der Waals surface area contributed by atoms with E-state index >= 15 is 0 Å². The first kappa shape index (κ1) is 38.7. The fourth-order valence-electron chi connectivity index (χ4n) is 5.81. The fraction of sp³-hybridized carbons (Fsp3) is 0.559. The van der Waals surface area contributed by atoms with E-state index in [-0.39, 0.29) is 16.5 Å². The summed E-state index contributed by atoms with van der Waals surface area (Å²) in [7, 11) is 1.72. The van der Waals surface area contributed by atoms with Gasteiger partial charge < -0.3 is 30.9 Å². The molecule has 3 atom stereocenters. The van der Waals surface area contributed by atoms with Crippen molar-refractivity contribution >= 4 is 53.1 Å². The van der Waals surface area contributed by atoms with E-state index in [9.17, 15) is 24.0 Å². The van der Waals surface area contributed by atoms with Crippen LogP contribution in [-0.4, -0.2) is 102 Å². The summed E-state index contributed by atoms with van der Waals surface area (Å²) in [5.41, 5.74) is 0.502. The molecular formula is C34H48N8O6S2. The number of ketones is 1. The van der Waals surface area contributed by atoms with Crippen molar-refractivity contribution in [3.63, 3.8) is 0 Å². The second kappa shape index (κ2) is 17.2. The molecule has 2 unspecified atom stereocenters. The molecule has 2 fully saturated rings. The Labute approximate surface area is 301 Å². The van der Waals surface area contributed by atoms with E-state index in [1.807, 2.05) is 60.8 Å². The molecule has 0 radical (unpaired) electrons. The normalized spacial score (nSPS) is 18.1. The van der Waals surface area contributed by atoms with E-state index in [0.717, 1.165) is 23.5 Å². The average molecular weight is 729 g/mol. The number of thioether (sulfide) groups is 2. The molecule has 2 aliphatic rings. The Bertz CT molecular complexity index is 1540. The van der Waals surface area contributed by atoms with E-state index in [2.05, 4.69) is 37.9 Å². The molecule has 0 aliphatic carbocycles. The highest BCUT2D eigenvalue weighted by atomic mass is 32.2. The van der Waals surface area contributed by atoms with Crippen LogP contribution in [0.4, 0.5) is 4.79 Å². The van der Waals surface area contributed by atoms with Crippen LogP contribution in [-0.2, 0) is 31.0 Å². The zero-order valence-electron chi connectivity index (χ0n) is 29.3. The summed E-state index contributed by atoms with van der Waals surface area (Å²) < 4.78 is 6.60. The number of ether oxygens (including phenoxy) is 1. The van der Waals surface area contributed by atoms with E-state index < -0.39 is 54.0 Å².